The molecule has 0 unspecified atom stereocenters. The quantitative estimate of drug-likeness (QED) is 0.729. The van der Waals surface area contributed by atoms with Crippen LogP contribution in [0.1, 0.15) is 35.1 Å². The molecule has 4 nitrogen and oxygen atoms in total. The van der Waals surface area contributed by atoms with Gasteiger partial charge in [0, 0.05) is 0 Å². The molecule has 0 atom stereocenters. The van der Waals surface area contributed by atoms with Crippen molar-refractivity contribution in [1.29, 1.82) is 0 Å². The van der Waals surface area contributed by atoms with Gasteiger partial charge in [0.05, 0.1) is 11.2 Å². The summed E-state index contributed by atoms with van der Waals surface area (Å²) in [5, 5.41) is 0. The minimum atomic E-state index is -0.357. The lowest BCUT2D eigenvalue weighted by atomic mass is 9.79. The highest BCUT2D eigenvalue weighted by Crippen LogP contribution is 2.37. The molecule has 1 aromatic carbocycles. The molecule has 5 heteroatoms. The first kappa shape index (κ1) is 14.2. The number of fused-ring (bicyclic) bond motifs is 1. The number of hydrogen-bond donors (Lipinski definition) is 0. The van der Waals surface area contributed by atoms with Crippen LogP contribution in [0.4, 0.5) is 0 Å². The molecule has 1 saturated heterocycles. The van der Waals surface area contributed by atoms with Crippen LogP contribution in [0.5, 0.6) is 11.5 Å². The van der Waals surface area contributed by atoms with E-state index in [1.165, 1.54) is 0 Å². The predicted molar refractivity (Wildman–Crippen MR) is 75.0 cm³/mol. The summed E-state index contributed by atoms with van der Waals surface area (Å²) in [4.78, 5) is 0. The molecule has 0 saturated carbocycles. The van der Waals surface area contributed by atoms with E-state index in [1.54, 1.807) is 0 Å². The van der Waals surface area contributed by atoms with Gasteiger partial charge in [0.2, 0.25) is 6.79 Å². The first-order valence-corrected chi connectivity index (χ1v) is 6.14. The van der Waals surface area contributed by atoms with E-state index in [0.717, 1.165) is 17.0 Å². The summed E-state index contributed by atoms with van der Waals surface area (Å²) < 4.78 is 22.6. The Bertz CT molecular complexity index is 468. The Kier molecular flexibility index (Phi) is 3.31. The van der Waals surface area contributed by atoms with E-state index in [1.807, 2.05) is 45.9 Å². The Hall–Kier alpha value is -1.20. The van der Waals surface area contributed by atoms with Gasteiger partial charge in [-0.15, -0.1) is 0 Å². The Morgan fingerprint density at radius 1 is 0.947 bits per heavy atom. The maximum atomic E-state index is 5.99. The van der Waals surface area contributed by atoms with Crippen LogP contribution in [-0.4, -0.2) is 25.1 Å². The Morgan fingerprint density at radius 2 is 1.53 bits per heavy atom. The fourth-order valence-corrected chi connectivity index (χ4v) is 2.04. The smallest absolute Gasteiger partial charge is 0.454 e. The Labute approximate surface area is 115 Å². The van der Waals surface area contributed by atoms with Crippen LogP contribution in [0.2, 0.25) is 0 Å². The zero-order valence-corrected chi connectivity index (χ0v) is 11.1. The van der Waals surface area contributed by atoms with Gasteiger partial charge in [0.15, 0.2) is 11.5 Å². The summed E-state index contributed by atoms with van der Waals surface area (Å²) in [5.41, 5.74) is 0.306. The van der Waals surface area contributed by atoms with Crippen LogP contribution >= 0.6 is 0 Å². The van der Waals surface area contributed by atoms with Gasteiger partial charge in [0.1, 0.15) is 0 Å². The Balaban J connectivity index is 0.00000133. The van der Waals surface area contributed by atoms with Gasteiger partial charge in [-0.2, -0.15) is 0 Å². The maximum absolute atomic E-state index is 5.99. The molecule has 19 heavy (non-hydrogen) atoms. The number of hydrogen-bond acceptors (Lipinski definition) is 4. The van der Waals surface area contributed by atoms with Gasteiger partial charge < -0.3 is 18.8 Å². The molecule has 1 aromatic rings. The normalized spacial score (nSPS) is 22.2. The van der Waals surface area contributed by atoms with Crippen molar-refractivity contribution in [2.45, 2.75) is 46.3 Å². The summed E-state index contributed by atoms with van der Waals surface area (Å²) in [6.45, 7) is 8.45. The van der Waals surface area contributed by atoms with Crippen LogP contribution in [0.3, 0.4) is 0 Å². The molecule has 104 valence electrons. The second-order valence-electron chi connectivity index (χ2n) is 5.70. The molecular formula is C14H21BO4. The van der Waals surface area contributed by atoms with Gasteiger partial charge in [0.25, 0.3) is 0 Å². The van der Waals surface area contributed by atoms with Gasteiger partial charge in [-0.1, -0.05) is 13.5 Å². The lowest BCUT2D eigenvalue weighted by molar-refractivity contribution is 0.00578. The summed E-state index contributed by atoms with van der Waals surface area (Å²) in [5.74, 6) is 1.53. The van der Waals surface area contributed by atoms with E-state index in [0.29, 0.717) is 0 Å². The van der Waals surface area contributed by atoms with Gasteiger partial charge in [-0.05, 0) is 45.3 Å². The minimum Gasteiger partial charge on any atom is -0.454 e. The highest BCUT2D eigenvalue weighted by Gasteiger charge is 2.51. The first-order chi connectivity index (χ1) is 8.39. The van der Waals surface area contributed by atoms with Gasteiger partial charge >= 0.3 is 7.12 Å². The standard InChI is InChI=1S/C13H17BO4.CH4/c1-12(2)13(3,4)18-14(17-12)9-5-6-10-11(7-9)16-8-15-10;/h5-7H,8H2,1-4H3;1H4. The van der Waals surface area contributed by atoms with Crippen LogP contribution in [0.15, 0.2) is 18.2 Å². The molecule has 0 amide bonds. The minimum absolute atomic E-state index is 0. The molecule has 2 aliphatic rings. The third-order valence-corrected chi connectivity index (χ3v) is 3.92. The largest absolute Gasteiger partial charge is 0.494 e. The lowest BCUT2D eigenvalue weighted by Crippen LogP contribution is -2.41. The van der Waals surface area contributed by atoms with Crippen molar-refractivity contribution in [1.82, 2.24) is 0 Å². The zero-order chi connectivity index (χ0) is 13.0. The van der Waals surface area contributed by atoms with E-state index < -0.39 is 0 Å². The van der Waals surface area contributed by atoms with Crippen molar-refractivity contribution >= 4 is 12.6 Å². The molecule has 2 heterocycles. The van der Waals surface area contributed by atoms with Crippen LogP contribution in [-0.2, 0) is 9.31 Å². The SMILES string of the molecule is C.CC1(C)OB(c2ccc3c(c2)OCO3)OC1(C)C. The summed E-state index contributed by atoms with van der Waals surface area (Å²) >= 11 is 0. The molecule has 2 aliphatic heterocycles. The molecule has 1 fully saturated rings. The summed E-state index contributed by atoms with van der Waals surface area (Å²) in [7, 11) is -0.357. The Morgan fingerprint density at radius 3 is 2.16 bits per heavy atom. The summed E-state index contributed by atoms with van der Waals surface area (Å²) in [6, 6.07) is 5.77. The van der Waals surface area contributed by atoms with Crippen molar-refractivity contribution in [3.05, 3.63) is 18.2 Å². The van der Waals surface area contributed by atoms with E-state index in [-0.39, 0.29) is 32.5 Å². The number of rotatable bonds is 1. The summed E-state index contributed by atoms with van der Waals surface area (Å²) in [6.07, 6.45) is 0. The van der Waals surface area contributed by atoms with Crippen molar-refractivity contribution in [2.75, 3.05) is 6.79 Å². The third-order valence-electron chi connectivity index (χ3n) is 3.92. The molecule has 0 bridgehead atoms. The number of ether oxygens (including phenoxy) is 2. The van der Waals surface area contributed by atoms with Gasteiger partial charge in [-0.25, -0.2) is 0 Å². The van der Waals surface area contributed by atoms with Crippen molar-refractivity contribution in [2.24, 2.45) is 0 Å². The maximum Gasteiger partial charge on any atom is 0.494 e. The fraction of sp³-hybridized carbons (Fsp3) is 0.571. The molecule has 0 aromatic heterocycles. The van der Waals surface area contributed by atoms with Crippen LogP contribution < -0.4 is 14.9 Å². The molecule has 3 rings (SSSR count). The van der Waals surface area contributed by atoms with E-state index in [9.17, 15) is 0 Å². The first-order valence-electron chi connectivity index (χ1n) is 6.14. The third kappa shape index (κ3) is 2.21. The van der Waals surface area contributed by atoms with E-state index in [2.05, 4.69) is 0 Å². The zero-order valence-electron chi connectivity index (χ0n) is 11.1. The fourth-order valence-electron chi connectivity index (χ4n) is 2.04. The molecule has 0 radical (unpaired) electrons. The van der Waals surface area contributed by atoms with Gasteiger partial charge in [-0.3, -0.25) is 0 Å². The van der Waals surface area contributed by atoms with E-state index >= 15 is 0 Å². The molecule has 0 aliphatic carbocycles. The monoisotopic (exact) mass is 264 g/mol. The van der Waals surface area contributed by atoms with E-state index in [4.69, 9.17) is 18.8 Å². The average Bonchev–Trinajstić information content (AvgIpc) is 2.80. The van der Waals surface area contributed by atoms with Crippen LogP contribution in [0.25, 0.3) is 0 Å². The van der Waals surface area contributed by atoms with Crippen LogP contribution in [0, 0.1) is 0 Å². The predicted octanol–water partition coefficient (Wildman–Crippen LogP) is 2.35. The second-order valence-corrected chi connectivity index (χ2v) is 5.70. The topological polar surface area (TPSA) is 36.9 Å². The highest BCUT2D eigenvalue weighted by atomic mass is 16.7. The highest BCUT2D eigenvalue weighted by molar-refractivity contribution is 6.62. The molecule has 0 spiro atoms. The lowest BCUT2D eigenvalue weighted by Gasteiger charge is -2.32. The van der Waals surface area contributed by atoms with Crippen molar-refractivity contribution in [3.63, 3.8) is 0 Å². The average molecular weight is 264 g/mol. The number of benzene rings is 1. The van der Waals surface area contributed by atoms with Crippen molar-refractivity contribution < 1.29 is 18.8 Å². The second kappa shape index (κ2) is 4.42. The van der Waals surface area contributed by atoms with Crippen molar-refractivity contribution in [3.8, 4) is 11.5 Å². The molecule has 0 N–H and O–H groups in total. The molecular weight excluding hydrogens is 243 g/mol.